The number of benzene rings is 2. The lowest BCUT2D eigenvalue weighted by atomic mass is 10.0. The second-order valence-corrected chi connectivity index (χ2v) is 5.50. The molecule has 4 nitrogen and oxygen atoms in total. The molecule has 126 valence electrons. The Morgan fingerprint density at radius 3 is 2.61 bits per heavy atom. The number of hydrogen-bond donors (Lipinski definition) is 1. The molecule has 2 N–H and O–H groups in total. The van der Waals surface area contributed by atoms with E-state index in [-0.39, 0.29) is 24.4 Å². The zero-order chi connectivity index (χ0) is 15.9. The molecular formula is C18H25ClN2O2. The van der Waals surface area contributed by atoms with Crippen molar-refractivity contribution in [2.75, 3.05) is 27.2 Å². The van der Waals surface area contributed by atoms with E-state index in [1.165, 1.54) is 16.3 Å². The van der Waals surface area contributed by atoms with Crippen molar-refractivity contribution in [1.82, 2.24) is 4.90 Å². The van der Waals surface area contributed by atoms with E-state index in [0.717, 1.165) is 6.42 Å². The second-order valence-electron chi connectivity index (χ2n) is 5.50. The van der Waals surface area contributed by atoms with Crippen molar-refractivity contribution in [3.63, 3.8) is 0 Å². The topological polar surface area (TPSA) is 55.6 Å². The maximum absolute atomic E-state index is 12.1. The molecule has 2 aromatic rings. The van der Waals surface area contributed by atoms with E-state index < -0.39 is 0 Å². The number of rotatable bonds is 7. The SMILES string of the molecule is COC(CN)CC(=O)N(C)CCc1cccc2ccccc12.Cl. The molecule has 0 bridgehead atoms. The maximum Gasteiger partial charge on any atom is 0.224 e. The molecule has 23 heavy (non-hydrogen) atoms. The van der Waals surface area contributed by atoms with E-state index in [9.17, 15) is 4.79 Å². The highest BCUT2D eigenvalue weighted by molar-refractivity contribution is 5.86. The van der Waals surface area contributed by atoms with Gasteiger partial charge in [-0.15, -0.1) is 12.4 Å². The first-order valence-corrected chi connectivity index (χ1v) is 7.59. The van der Waals surface area contributed by atoms with Crippen molar-refractivity contribution in [3.05, 3.63) is 48.0 Å². The summed E-state index contributed by atoms with van der Waals surface area (Å²) in [6.45, 7) is 1.05. The van der Waals surface area contributed by atoms with Gasteiger partial charge in [-0.25, -0.2) is 0 Å². The molecule has 0 spiro atoms. The molecule has 1 atom stereocenters. The van der Waals surface area contributed by atoms with Crippen LogP contribution in [0.15, 0.2) is 42.5 Å². The molecule has 0 aliphatic rings. The normalized spacial score (nSPS) is 11.8. The molecule has 0 saturated carbocycles. The molecule has 0 radical (unpaired) electrons. The van der Waals surface area contributed by atoms with E-state index in [0.29, 0.717) is 19.5 Å². The van der Waals surface area contributed by atoms with Crippen LogP contribution in [0.25, 0.3) is 10.8 Å². The van der Waals surface area contributed by atoms with Crippen LogP contribution in [0.3, 0.4) is 0 Å². The van der Waals surface area contributed by atoms with Crippen molar-refractivity contribution < 1.29 is 9.53 Å². The second kappa shape index (κ2) is 9.50. The molecule has 0 aromatic heterocycles. The first kappa shape index (κ1) is 19.4. The lowest BCUT2D eigenvalue weighted by Crippen LogP contribution is -2.34. The Bertz CT molecular complexity index is 624. The van der Waals surface area contributed by atoms with Gasteiger partial charge >= 0.3 is 0 Å². The fourth-order valence-electron chi connectivity index (χ4n) is 2.54. The Balaban J connectivity index is 0.00000264. The van der Waals surface area contributed by atoms with Crippen LogP contribution in [0.2, 0.25) is 0 Å². The van der Waals surface area contributed by atoms with Gasteiger partial charge in [-0.1, -0.05) is 42.5 Å². The third-order valence-electron chi connectivity index (χ3n) is 4.02. The lowest BCUT2D eigenvalue weighted by Gasteiger charge is -2.20. The maximum atomic E-state index is 12.1. The van der Waals surface area contributed by atoms with Gasteiger partial charge in [-0.3, -0.25) is 4.79 Å². The minimum atomic E-state index is -0.201. The van der Waals surface area contributed by atoms with Crippen LogP contribution < -0.4 is 5.73 Å². The van der Waals surface area contributed by atoms with Gasteiger partial charge in [0.05, 0.1) is 12.5 Å². The fourth-order valence-corrected chi connectivity index (χ4v) is 2.54. The van der Waals surface area contributed by atoms with Gasteiger partial charge in [0, 0.05) is 27.2 Å². The lowest BCUT2D eigenvalue weighted by molar-refractivity contribution is -0.132. The van der Waals surface area contributed by atoms with Gasteiger partial charge in [0.2, 0.25) is 5.91 Å². The number of nitrogens with zero attached hydrogens (tertiary/aromatic N) is 1. The number of nitrogens with two attached hydrogens (primary N) is 1. The first-order chi connectivity index (χ1) is 10.7. The molecule has 2 rings (SSSR count). The predicted molar refractivity (Wildman–Crippen MR) is 97.0 cm³/mol. The number of hydrogen-bond acceptors (Lipinski definition) is 3. The molecule has 0 fully saturated rings. The average Bonchev–Trinajstić information content (AvgIpc) is 2.57. The summed E-state index contributed by atoms with van der Waals surface area (Å²) in [5.41, 5.74) is 6.83. The van der Waals surface area contributed by atoms with Gasteiger partial charge in [0.25, 0.3) is 0 Å². The van der Waals surface area contributed by atoms with E-state index in [2.05, 4.69) is 30.3 Å². The molecular weight excluding hydrogens is 312 g/mol. The van der Waals surface area contributed by atoms with Crippen LogP contribution >= 0.6 is 12.4 Å². The quantitative estimate of drug-likeness (QED) is 0.845. The third kappa shape index (κ3) is 5.20. The number of amides is 1. The van der Waals surface area contributed by atoms with Crippen LogP contribution in [-0.4, -0.2) is 44.2 Å². The molecule has 0 saturated heterocycles. The highest BCUT2D eigenvalue weighted by Crippen LogP contribution is 2.19. The largest absolute Gasteiger partial charge is 0.380 e. The Hall–Kier alpha value is -1.62. The number of likely N-dealkylation sites (N-methyl/N-ethyl adjacent to an activating group) is 1. The molecule has 1 amide bonds. The van der Waals surface area contributed by atoms with Crippen molar-refractivity contribution >= 4 is 29.1 Å². The summed E-state index contributed by atoms with van der Waals surface area (Å²) < 4.78 is 5.17. The summed E-state index contributed by atoms with van der Waals surface area (Å²) in [5, 5.41) is 2.49. The van der Waals surface area contributed by atoms with Crippen LogP contribution in [0.1, 0.15) is 12.0 Å². The summed E-state index contributed by atoms with van der Waals surface area (Å²) in [7, 11) is 3.41. The summed E-state index contributed by atoms with van der Waals surface area (Å²) in [6.07, 6.45) is 0.968. The van der Waals surface area contributed by atoms with Gasteiger partial charge in [-0.05, 0) is 22.8 Å². The molecule has 0 aliphatic heterocycles. The molecule has 1 unspecified atom stereocenters. The monoisotopic (exact) mass is 336 g/mol. The standard InChI is InChI=1S/C18H24N2O2.ClH/c1-20(18(21)12-16(13-19)22-2)11-10-15-8-5-7-14-6-3-4-9-17(14)15;/h3-9,16H,10-13,19H2,1-2H3;1H. The van der Waals surface area contributed by atoms with Crippen LogP contribution in [0.5, 0.6) is 0 Å². The molecule has 2 aromatic carbocycles. The third-order valence-corrected chi connectivity index (χ3v) is 4.02. The Labute approximate surface area is 144 Å². The van der Waals surface area contributed by atoms with E-state index in [1.807, 2.05) is 19.2 Å². The molecule has 0 aliphatic carbocycles. The van der Waals surface area contributed by atoms with Gasteiger partial charge in [0.15, 0.2) is 0 Å². The minimum Gasteiger partial charge on any atom is -0.380 e. The number of carbonyl (C=O) groups excluding carboxylic acids is 1. The highest BCUT2D eigenvalue weighted by atomic mass is 35.5. The summed E-state index contributed by atoms with van der Waals surface area (Å²) in [6, 6.07) is 14.6. The Morgan fingerprint density at radius 2 is 1.91 bits per heavy atom. The van der Waals surface area contributed by atoms with Crippen molar-refractivity contribution in [1.29, 1.82) is 0 Å². The Kier molecular flexibility index (Phi) is 8.03. The number of ether oxygens (including phenoxy) is 1. The molecule has 5 heteroatoms. The summed E-state index contributed by atoms with van der Waals surface area (Å²) >= 11 is 0. The zero-order valence-electron chi connectivity index (χ0n) is 13.7. The first-order valence-electron chi connectivity index (χ1n) is 7.59. The van der Waals surface area contributed by atoms with Gasteiger partial charge < -0.3 is 15.4 Å². The average molecular weight is 337 g/mol. The summed E-state index contributed by atoms with van der Waals surface area (Å²) in [4.78, 5) is 13.9. The van der Waals surface area contributed by atoms with E-state index in [4.69, 9.17) is 10.5 Å². The highest BCUT2D eigenvalue weighted by Gasteiger charge is 2.15. The van der Waals surface area contributed by atoms with Crippen molar-refractivity contribution in [3.8, 4) is 0 Å². The van der Waals surface area contributed by atoms with Gasteiger partial charge in [-0.2, -0.15) is 0 Å². The number of carbonyl (C=O) groups is 1. The van der Waals surface area contributed by atoms with Crippen molar-refractivity contribution in [2.45, 2.75) is 18.9 Å². The van der Waals surface area contributed by atoms with Crippen molar-refractivity contribution in [2.24, 2.45) is 5.73 Å². The van der Waals surface area contributed by atoms with Crippen LogP contribution in [0.4, 0.5) is 0 Å². The van der Waals surface area contributed by atoms with E-state index in [1.54, 1.807) is 12.0 Å². The Morgan fingerprint density at radius 1 is 1.22 bits per heavy atom. The minimum absolute atomic E-state index is 0. The number of halogens is 1. The summed E-state index contributed by atoms with van der Waals surface area (Å²) in [5.74, 6) is 0.0672. The smallest absolute Gasteiger partial charge is 0.224 e. The van der Waals surface area contributed by atoms with Gasteiger partial charge in [0.1, 0.15) is 0 Å². The predicted octanol–water partition coefficient (Wildman–Crippen LogP) is 2.63. The number of fused-ring (bicyclic) bond motifs is 1. The van der Waals surface area contributed by atoms with Crippen LogP contribution in [-0.2, 0) is 16.0 Å². The fraction of sp³-hybridized carbons (Fsp3) is 0.389. The zero-order valence-corrected chi connectivity index (χ0v) is 14.5. The van der Waals surface area contributed by atoms with E-state index >= 15 is 0 Å². The van der Waals surface area contributed by atoms with Crippen LogP contribution in [0, 0.1) is 0 Å². The number of methoxy groups -OCH3 is 1. The molecule has 0 heterocycles.